The molecule has 3 heterocycles. The van der Waals surface area contributed by atoms with E-state index in [0.717, 1.165) is 55.0 Å². The minimum Gasteiger partial charge on any atom is -0.496 e. The Morgan fingerprint density at radius 3 is 2.87 bits per heavy atom. The second kappa shape index (κ2) is 9.46. The third-order valence-corrected chi connectivity index (χ3v) is 5.33. The van der Waals surface area contributed by atoms with Crippen LogP contribution in [0.3, 0.4) is 0 Å². The summed E-state index contributed by atoms with van der Waals surface area (Å²) in [6.07, 6.45) is 3.24. The number of ether oxygens (including phenoxy) is 2. The zero-order valence-electron chi connectivity index (χ0n) is 18.0. The van der Waals surface area contributed by atoms with Gasteiger partial charge >= 0.3 is 0 Å². The molecule has 0 saturated carbocycles. The Kier molecular flexibility index (Phi) is 6.50. The number of aromatic nitrogens is 4. The highest BCUT2D eigenvalue weighted by molar-refractivity contribution is 5.86. The van der Waals surface area contributed by atoms with Gasteiger partial charge < -0.3 is 31.6 Å². The number of nitrogens with zero attached hydrogens (tertiary/aromatic N) is 4. The third kappa shape index (κ3) is 4.87. The fraction of sp³-hybridized carbons (Fsp3) is 0.476. The largest absolute Gasteiger partial charge is 0.496 e. The summed E-state index contributed by atoms with van der Waals surface area (Å²) in [5.41, 5.74) is 15.7. The molecular formula is C21H30N8O2. The minimum absolute atomic E-state index is 0.185. The number of methoxy groups -OCH3 is 1. The maximum absolute atomic E-state index is 6.18. The van der Waals surface area contributed by atoms with E-state index >= 15 is 0 Å². The van der Waals surface area contributed by atoms with Crippen LogP contribution in [0, 0.1) is 0 Å². The molecule has 1 aliphatic heterocycles. The van der Waals surface area contributed by atoms with E-state index in [1.807, 2.05) is 4.68 Å². The van der Waals surface area contributed by atoms with Crippen molar-refractivity contribution in [2.45, 2.75) is 45.1 Å². The van der Waals surface area contributed by atoms with Crippen LogP contribution in [-0.2, 0) is 17.8 Å². The number of hydrogen-bond donors (Lipinski definition) is 4. The Labute approximate surface area is 181 Å². The number of benzene rings is 1. The standard InChI is InChI=1S/C21H30N8O2/c1-3-4-18(22)27-20-19-16(26-21(23)28-20)9-25-29(19)10-14-6-5-13(7-17(14)30-2)8-24-15-11-31-12-15/h5-7,9,15,18,24H,3-4,8,10-12,22H2,1-2H3,(H3,23,26,27,28). The molecule has 1 unspecified atom stereocenters. The maximum atomic E-state index is 6.18. The molecule has 3 aromatic rings. The van der Waals surface area contributed by atoms with Gasteiger partial charge in [0.15, 0.2) is 5.82 Å². The summed E-state index contributed by atoms with van der Waals surface area (Å²) in [4.78, 5) is 8.69. The van der Waals surface area contributed by atoms with Crippen LogP contribution in [0.4, 0.5) is 11.8 Å². The lowest BCUT2D eigenvalue weighted by atomic mass is 10.1. The van der Waals surface area contributed by atoms with Crippen molar-refractivity contribution in [2.24, 2.45) is 5.73 Å². The first-order valence-corrected chi connectivity index (χ1v) is 10.6. The second-order valence-corrected chi connectivity index (χ2v) is 7.77. The van der Waals surface area contributed by atoms with Crippen molar-refractivity contribution < 1.29 is 9.47 Å². The molecule has 6 N–H and O–H groups in total. The van der Waals surface area contributed by atoms with Crippen molar-refractivity contribution >= 4 is 22.8 Å². The third-order valence-electron chi connectivity index (χ3n) is 5.33. The topological polar surface area (TPSA) is 138 Å². The summed E-state index contributed by atoms with van der Waals surface area (Å²) in [7, 11) is 1.68. The van der Waals surface area contributed by atoms with Crippen molar-refractivity contribution in [3.8, 4) is 5.75 Å². The summed E-state index contributed by atoms with van der Waals surface area (Å²) < 4.78 is 12.7. The number of rotatable bonds is 10. The Balaban J connectivity index is 1.58. The van der Waals surface area contributed by atoms with Crippen molar-refractivity contribution in [3.05, 3.63) is 35.5 Å². The zero-order valence-corrected chi connectivity index (χ0v) is 18.0. The Morgan fingerprint density at radius 2 is 2.16 bits per heavy atom. The van der Waals surface area contributed by atoms with Gasteiger partial charge in [0.1, 0.15) is 16.8 Å². The molecular weight excluding hydrogens is 396 g/mol. The normalized spacial score (nSPS) is 15.1. The van der Waals surface area contributed by atoms with Gasteiger partial charge in [0.05, 0.1) is 45.3 Å². The van der Waals surface area contributed by atoms with E-state index in [2.05, 4.69) is 50.8 Å². The lowest BCUT2D eigenvalue weighted by Gasteiger charge is -2.27. The highest BCUT2D eigenvalue weighted by atomic mass is 16.5. The SMILES string of the molecule is CCCC(N)Nc1nc(N)nc2cnn(Cc3ccc(CNC4COC4)cc3OC)c12. The summed E-state index contributed by atoms with van der Waals surface area (Å²) in [6.45, 7) is 4.90. The molecule has 0 aliphatic carbocycles. The van der Waals surface area contributed by atoms with Crippen LogP contribution in [0.25, 0.3) is 11.0 Å². The summed E-state index contributed by atoms with van der Waals surface area (Å²) in [5.74, 6) is 1.58. The van der Waals surface area contributed by atoms with Crippen LogP contribution in [0.2, 0.25) is 0 Å². The summed E-state index contributed by atoms with van der Waals surface area (Å²) in [6, 6.07) is 6.65. The molecule has 1 atom stereocenters. The molecule has 1 fully saturated rings. The van der Waals surface area contributed by atoms with E-state index in [0.29, 0.717) is 23.9 Å². The number of fused-ring (bicyclic) bond motifs is 1. The maximum Gasteiger partial charge on any atom is 0.222 e. The molecule has 10 heteroatoms. The molecule has 0 bridgehead atoms. The van der Waals surface area contributed by atoms with E-state index in [1.165, 1.54) is 0 Å². The quantitative estimate of drug-likeness (QED) is 0.355. The smallest absolute Gasteiger partial charge is 0.222 e. The number of nitrogen functional groups attached to an aromatic ring is 1. The van der Waals surface area contributed by atoms with Crippen LogP contribution in [0.15, 0.2) is 24.4 Å². The predicted molar refractivity (Wildman–Crippen MR) is 120 cm³/mol. The number of nitrogens with two attached hydrogens (primary N) is 2. The summed E-state index contributed by atoms with van der Waals surface area (Å²) >= 11 is 0. The van der Waals surface area contributed by atoms with E-state index < -0.39 is 0 Å². The van der Waals surface area contributed by atoms with E-state index in [1.54, 1.807) is 13.3 Å². The molecule has 31 heavy (non-hydrogen) atoms. The molecule has 166 valence electrons. The highest BCUT2D eigenvalue weighted by Crippen LogP contribution is 2.26. The fourth-order valence-corrected chi connectivity index (χ4v) is 3.60. The molecule has 2 aromatic heterocycles. The molecule has 4 rings (SSSR count). The average molecular weight is 427 g/mol. The van der Waals surface area contributed by atoms with E-state index in [9.17, 15) is 0 Å². The van der Waals surface area contributed by atoms with Gasteiger partial charge in [0.25, 0.3) is 0 Å². The number of anilines is 2. The molecule has 10 nitrogen and oxygen atoms in total. The molecule has 1 aromatic carbocycles. The van der Waals surface area contributed by atoms with E-state index in [4.69, 9.17) is 20.9 Å². The number of hydrogen-bond acceptors (Lipinski definition) is 9. The van der Waals surface area contributed by atoms with Crippen molar-refractivity contribution in [1.82, 2.24) is 25.1 Å². The van der Waals surface area contributed by atoms with Crippen molar-refractivity contribution in [1.29, 1.82) is 0 Å². The minimum atomic E-state index is -0.228. The average Bonchev–Trinajstić information content (AvgIpc) is 3.10. The van der Waals surface area contributed by atoms with Crippen LogP contribution < -0.4 is 26.8 Å². The molecule has 1 saturated heterocycles. The van der Waals surface area contributed by atoms with Crippen LogP contribution in [-0.4, -0.2) is 52.3 Å². The predicted octanol–water partition coefficient (Wildman–Crippen LogP) is 1.45. The highest BCUT2D eigenvalue weighted by Gasteiger charge is 2.18. The Bertz CT molecular complexity index is 1030. The van der Waals surface area contributed by atoms with Crippen LogP contribution in [0.1, 0.15) is 30.9 Å². The van der Waals surface area contributed by atoms with Gasteiger partial charge in [-0.1, -0.05) is 25.5 Å². The van der Waals surface area contributed by atoms with Gasteiger partial charge in [0.2, 0.25) is 5.95 Å². The zero-order chi connectivity index (χ0) is 21.8. The van der Waals surface area contributed by atoms with E-state index in [-0.39, 0.29) is 12.1 Å². The fourth-order valence-electron chi connectivity index (χ4n) is 3.60. The van der Waals surface area contributed by atoms with Gasteiger partial charge in [-0.3, -0.25) is 4.68 Å². The lowest BCUT2D eigenvalue weighted by Crippen LogP contribution is -2.45. The molecule has 1 aliphatic rings. The molecule has 0 amide bonds. The van der Waals surface area contributed by atoms with Gasteiger partial charge in [-0.2, -0.15) is 10.1 Å². The first-order valence-electron chi connectivity index (χ1n) is 10.6. The second-order valence-electron chi connectivity index (χ2n) is 7.77. The lowest BCUT2D eigenvalue weighted by molar-refractivity contribution is -0.00578. The first-order chi connectivity index (χ1) is 15.1. The van der Waals surface area contributed by atoms with Crippen LogP contribution >= 0.6 is 0 Å². The molecule has 0 radical (unpaired) electrons. The number of nitrogens with one attached hydrogen (secondary N) is 2. The van der Waals surface area contributed by atoms with Crippen molar-refractivity contribution in [2.75, 3.05) is 31.4 Å². The first kappa shape index (κ1) is 21.3. The Hall–Kier alpha value is -2.95. The monoisotopic (exact) mass is 426 g/mol. The van der Waals surface area contributed by atoms with Gasteiger partial charge in [-0.15, -0.1) is 0 Å². The van der Waals surface area contributed by atoms with Gasteiger partial charge in [-0.25, -0.2) is 4.98 Å². The van der Waals surface area contributed by atoms with Gasteiger partial charge in [-0.05, 0) is 18.1 Å². The van der Waals surface area contributed by atoms with Crippen LogP contribution in [0.5, 0.6) is 5.75 Å². The Morgan fingerprint density at radius 1 is 1.32 bits per heavy atom. The van der Waals surface area contributed by atoms with Crippen molar-refractivity contribution in [3.63, 3.8) is 0 Å². The molecule has 0 spiro atoms. The summed E-state index contributed by atoms with van der Waals surface area (Å²) in [5, 5.41) is 11.2. The van der Waals surface area contributed by atoms with Gasteiger partial charge in [0, 0.05) is 12.1 Å².